The van der Waals surface area contributed by atoms with Gasteiger partial charge < -0.3 is 20.9 Å². The van der Waals surface area contributed by atoms with Crippen molar-refractivity contribution in [1.29, 1.82) is 5.26 Å². The number of nitriles is 1. The molecule has 1 atom stereocenters. The second-order valence-corrected chi connectivity index (χ2v) is 9.69. The number of pyridine rings is 1. The molecule has 5 rings (SSSR count). The summed E-state index contributed by atoms with van der Waals surface area (Å²) in [6, 6.07) is 17.5. The fourth-order valence-corrected chi connectivity index (χ4v) is 4.98. The lowest BCUT2D eigenvalue weighted by Gasteiger charge is -2.32. The number of urea groups is 1. The third kappa shape index (κ3) is 5.34. The number of hydrogen-bond donors (Lipinski definition) is 3. The van der Waals surface area contributed by atoms with Gasteiger partial charge in [-0.05, 0) is 72.7 Å². The van der Waals surface area contributed by atoms with Crippen LogP contribution in [0.15, 0.2) is 60.8 Å². The smallest absolute Gasteiger partial charge is 0.319 e. The maximum absolute atomic E-state index is 13.3. The van der Waals surface area contributed by atoms with Crippen LogP contribution in [0.3, 0.4) is 0 Å². The molecule has 1 aromatic heterocycles. The van der Waals surface area contributed by atoms with E-state index in [1.165, 1.54) is 5.56 Å². The molecule has 192 valence electrons. The van der Waals surface area contributed by atoms with Gasteiger partial charge in [0.25, 0.3) is 5.91 Å². The van der Waals surface area contributed by atoms with Crippen molar-refractivity contribution in [2.24, 2.45) is 0 Å². The molecule has 9 heteroatoms. The zero-order chi connectivity index (χ0) is 26.6. The molecule has 2 aliphatic rings. The first-order valence-electron chi connectivity index (χ1n) is 12.6. The molecule has 0 bridgehead atoms. The SMILES string of the molecule is Cc1ccc(C(=O)N2CCC(c3ccc(C#N)cc3)CC2)cc1NC(=O)NC1Cc2cccnc2NC1=O. The first kappa shape index (κ1) is 25.0. The third-order valence-corrected chi connectivity index (χ3v) is 7.20. The van der Waals surface area contributed by atoms with E-state index in [-0.39, 0.29) is 11.8 Å². The Kier molecular flexibility index (Phi) is 7.05. The molecule has 0 aliphatic carbocycles. The van der Waals surface area contributed by atoms with E-state index in [4.69, 9.17) is 5.26 Å². The number of aryl methyl sites for hydroxylation is 1. The Morgan fingerprint density at radius 2 is 1.87 bits per heavy atom. The summed E-state index contributed by atoms with van der Waals surface area (Å²) >= 11 is 0. The van der Waals surface area contributed by atoms with Crippen molar-refractivity contribution in [1.82, 2.24) is 15.2 Å². The minimum Gasteiger partial charge on any atom is -0.339 e. The van der Waals surface area contributed by atoms with E-state index in [2.05, 4.69) is 27.0 Å². The number of likely N-dealkylation sites (tertiary alicyclic amines) is 1. The van der Waals surface area contributed by atoms with Crippen LogP contribution in [0.1, 0.15) is 51.4 Å². The number of nitrogens with zero attached hydrogens (tertiary/aromatic N) is 3. The molecule has 1 saturated heterocycles. The Bertz CT molecular complexity index is 1420. The van der Waals surface area contributed by atoms with Crippen LogP contribution in [-0.4, -0.2) is 46.9 Å². The molecule has 3 N–H and O–H groups in total. The first-order valence-corrected chi connectivity index (χ1v) is 12.6. The maximum atomic E-state index is 13.3. The van der Waals surface area contributed by atoms with E-state index in [9.17, 15) is 14.4 Å². The van der Waals surface area contributed by atoms with Gasteiger partial charge in [-0.25, -0.2) is 9.78 Å². The average Bonchev–Trinajstić information content (AvgIpc) is 2.94. The molecule has 2 aliphatic heterocycles. The van der Waals surface area contributed by atoms with Crippen molar-refractivity contribution in [3.63, 3.8) is 0 Å². The molecule has 2 aromatic carbocycles. The number of amides is 4. The van der Waals surface area contributed by atoms with E-state index < -0.39 is 12.1 Å². The number of anilines is 2. The van der Waals surface area contributed by atoms with Gasteiger partial charge in [-0.1, -0.05) is 24.3 Å². The van der Waals surface area contributed by atoms with Crippen molar-refractivity contribution in [2.45, 2.75) is 38.1 Å². The van der Waals surface area contributed by atoms with Gasteiger partial charge in [-0.3, -0.25) is 9.59 Å². The monoisotopic (exact) mass is 508 g/mol. The Labute approximate surface area is 220 Å². The predicted octanol–water partition coefficient (Wildman–Crippen LogP) is 3.97. The number of benzene rings is 2. The van der Waals surface area contributed by atoms with Gasteiger partial charge in [-0.15, -0.1) is 0 Å². The zero-order valence-corrected chi connectivity index (χ0v) is 21.0. The quantitative estimate of drug-likeness (QED) is 0.492. The summed E-state index contributed by atoms with van der Waals surface area (Å²) in [6.45, 7) is 3.11. The minimum atomic E-state index is -0.728. The number of nitrogens with one attached hydrogen (secondary N) is 3. The third-order valence-electron chi connectivity index (χ3n) is 7.20. The number of fused-ring (bicyclic) bond motifs is 1. The van der Waals surface area contributed by atoms with Gasteiger partial charge >= 0.3 is 6.03 Å². The van der Waals surface area contributed by atoms with Gasteiger partial charge in [0.05, 0.1) is 11.6 Å². The van der Waals surface area contributed by atoms with E-state index in [0.717, 1.165) is 24.0 Å². The van der Waals surface area contributed by atoms with Crippen molar-refractivity contribution in [3.8, 4) is 6.07 Å². The Hall–Kier alpha value is -4.71. The fourth-order valence-electron chi connectivity index (χ4n) is 4.98. The number of carbonyl (C=O) groups is 3. The number of piperidine rings is 1. The summed E-state index contributed by atoms with van der Waals surface area (Å²) < 4.78 is 0. The second kappa shape index (κ2) is 10.7. The van der Waals surface area contributed by atoms with E-state index in [1.54, 1.807) is 24.4 Å². The Morgan fingerprint density at radius 1 is 1.11 bits per heavy atom. The summed E-state index contributed by atoms with van der Waals surface area (Å²) in [5.74, 6) is 0.461. The molecule has 0 saturated carbocycles. The number of aromatic nitrogens is 1. The number of hydrogen-bond acceptors (Lipinski definition) is 5. The normalized spacial score (nSPS) is 17.1. The Morgan fingerprint density at radius 3 is 2.61 bits per heavy atom. The van der Waals surface area contributed by atoms with Crippen LogP contribution in [0, 0.1) is 18.3 Å². The van der Waals surface area contributed by atoms with Crippen molar-refractivity contribution < 1.29 is 14.4 Å². The topological polar surface area (TPSA) is 127 Å². The summed E-state index contributed by atoms with van der Waals surface area (Å²) in [6.07, 6.45) is 3.64. The highest BCUT2D eigenvalue weighted by atomic mass is 16.2. The van der Waals surface area contributed by atoms with Gasteiger partial charge in [0.2, 0.25) is 5.91 Å². The fraction of sp³-hybridized carbons (Fsp3) is 0.276. The lowest BCUT2D eigenvalue weighted by molar-refractivity contribution is -0.118. The molecule has 0 spiro atoms. The maximum Gasteiger partial charge on any atom is 0.319 e. The molecule has 4 amide bonds. The highest BCUT2D eigenvalue weighted by molar-refractivity contribution is 6.01. The van der Waals surface area contributed by atoms with Crippen molar-refractivity contribution in [3.05, 3.63) is 88.6 Å². The predicted molar refractivity (Wildman–Crippen MR) is 143 cm³/mol. The average molecular weight is 509 g/mol. The lowest BCUT2D eigenvalue weighted by Crippen LogP contribution is -2.49. The minimum absolute atomic E-state index is 0.0810. The molecule has 3 aromatic rings. The zero-order valence-electron chi connectivity index (χ0n) is 21.0. The van der Waals surface area contributed by atoms with Crippen molar-refractivity contribution in [2.75, 3.05) is 23.7 Å². The standard InChI is InChI=1S/C29H28N6O3/c1-18-4-7-23(28(37)35-13-10-21(11-14-35)20-8-5-19(17-30)6-9-20)16-24(18)32-29(38)33-25-15-22-3-2-12-31-26(22)34-27(25)36/h2-9,12,16,21,25H,10-11,13-15H2,1H3,(H,31,34,36)(H2,32,33,38). The summed E-state index contributed by atoms with van der Waals surface area (Å²) in [5.41, 5.74) is 4.50. The molecular formula is C29H28N6O3. The van der Waals surface area contributed by atoms with Crippen LogP contribution in [0.2, 0.25) is 0 Å². The van der Waals surface area contributed by atoms with Crippen LogP contribution in [0.25, 0.3) is 0 Å². The van der Waals surface area contributed by atoms with E-state index in [0.29, 0.717) is 48.1 Å². The molecule has 0 radical (unpaired) electrons. The van der Waals surface area contributed by atoms with Gasteiger partial charge in [-0.2, -0.15) is 5.26 Å². The first-order chi connectivity index (χ1) is 18.4. The number of carbonyl (C=O) groups excluding carboxylic acids is 3. The molecule has 1 fully saturated rings. The van der Waals surface area contributed by atoms with Gasteiger partial charge in [0, 0.05) is 37.0 Å². The molecule has 38 heavy (non-hydrogen) atoms. The Balaban J connectivity index is 1.20. The lowest BCUT2D eigenvalue weighted by atomic mass is 9.89. The summed E-state index contributed by atoms with van der Waals surface area (Å²) in [4.78, 5) is 44.4. The van der Waals surface area contributed by atoms with Gasteiger partial charge in [0.15, 0.2) is 0 Å². The highest BCUT2D eigenvalue weighted by Gasteiger charge is 2.29. The van der Waals surface area contributed by atoms with E-state index in [1.807, 2.05) is 48.2 Å². The summed E-state index contributed by atoms with van der Waals surface area (Å²) in [7, 11) is 0. The van der Waals surface area contributed by atoms with Crippen LogP contribution in [0.5, 0.6) is 0 Å². The van der Waals surface area contributed by atoms with Crippen LogP contribution in [-0.2, 0) is 11.2 Å². The molecule has 1 unspecified atom stereocenters. The second-order valence-electron chi connectivity index (χ2n) is 9.69. The van der Waals surface area contributed by atoms with Crippen LogP contribution in [0.4, 0.5) is 16.3 Å². The highest BCUT2D eigenvalue weighted by Crippen LogP contribution is 2.29. The molecule has 3 heterocycles. The van der Waals surface area contributed by atoms with Crippen LogP contribution < -0.4 is 16.0 Å². The summed E-state index contributed by atoms with van der Waals surface area (Å²) in [5, 5.41) is 17.2. The van der Waals surface area contributed by atoms with Gasteiger partial charge in [0.1, 0.15) is 11.9 Å². The largest absolute Gasteiger partial charge is 0.339 e. The number of rotatable bonds is 4. The van der Waals surface area contributed by atoms with Crippen LogP contribution >= 0.6 is 0 Å². The van der Waals surface area contributed by atoms with E-state index >= 15 is 0 Å². The molecular weight excluding hydrogens is 480 g/mol. The van der Waals surface area contributed by atoms with Crippen molar-refractivity contribution >= 4 is 29.4 Å². The molecule has 9 nitrogen and oxygen atoms in total.